The van der Waals surface area contributed by atoms with Gasteiger partial charge in [0.1, 0.15) is 11.5 Å². The van der Waals surface area contributed by atoms with Gasteiger partial charge in [0.05, 0.1) is 0 Å². The fraction of sp³-hybridized carbons (Fsp3) is 0.933. The second-order valence-corrected chi connectivity index (χ2v) is 7.54. The molecular weight excluding hydrogens is 228 g/mol. The van der Waals surface area contributed by atoms with Crippen molar-refractivity contribution in [1.29, 1.82) is 0 Å². The molecule has 3 nitrogen and oxygen atoms in total. The van der Waals surface area contributed by atoms with Crippen LogP contribution in [0.25, 0.3) is 0 Å². The molecule has 0 amide bonds. The van der Waals surface area contributed by atoms with E-state index in [1.165, 1.54) is 12.8 Å². The van der Waals surface area contributed by atoms with Gasteiger partial charge in [-0.1, -0.05) is 27.7 Å². The lowest BCUT2D eigenvalue weighted by molar-refractivity contribution is -0.162. The molecule has 0 aromatic carbocycles. The van der Waals surface area contributed by atoms with Crippen LogP contribution in [0.15, 0.2) is 0 Å². The smallest absolute Gasteiger partial charge is 0.317 e. The molecule has 2 saturated heterocycles. The van der Waals surface area contributed by atoms with Gasteiger partial charge in [0.15, 0.2) is 0 Å². The van der Waals surface area contributed by atoms with Crippen LogP contribution < -0.4 is 0 Å². The van der Waals surface area contributed by atoms with E-state index >= 15 is 0 Å². The standard InChI is InChI=1S/C15H22O3/c1-8-5-6-13(3)9(2)15(7-14(8,13)4)10-11(17-10)18-12(15)16/h8-11H,5-7H2,1-4H3/t8-,9+,10+,11+,13+,14+,15+/m1/s1. The van der Waals surface area contributed by atoms with E-state index in [0.29, 0.717) is 11.8 Å². The zero-order valence-electron chi connectivity index (χ0n) is 11.7. The molecule has 2 aliphatic carbocycles. The van der Waals surface area contributed by atoms with Crippen LogP contribution in [0, 0.1) is 28.1 Å². The maximum atomic E-state index is 12.4. The summed E-state index contributed by atoms with van der Waals surface area (Å²) in [6, 6.07) is 0. The van der Waals surface area contributed by atoms with E-state index in [-0.39, 0.29) is 34.6 Å². The molecule has 1 spiro atoms. The number of hydrogen-bond donors (Lipinski definition) is 0. The zero-order chi connectivity index (χ0) is 12.9. The Hall–Kier alpha value is -0.570. The molecule has 0 radical (unpaired) electrons. The molecule has 100 valence electrons. The summed E-state index contributed by atoms with van der Waals surface area (Å²) in [6.07, 6.45) is 3.31. The number of epoxide rings is 1. The first-order valence-electron chi connectivity index (χ1n) is 7.23. The van der Waals surface area contributed by atoms with Crippen LogP contribution in [0.1, 0.15) is 47.0 Å². The van der Waals surface area contributed by atoms with E-state index < -0.39 is 0 Å². The lowest BCUT2D eigenvalue weighted by Crippen LogP contribution is -2.40. The molecule has 0 aromatic heterocycles. The SMILES string of the molecule is C[C@@H]1CC[C@@]2(C)[C@H](C)[C@]3(C[C@@]12C)C(=O)O[C@@H]1O[C@@H]13. The van der Waals surface area contributed by atoms with Crippen molar-refractivity contribution in [2.45, 2.75) is 59.4 Å². The first-order chi connectivity index (χ1) is 8.36. The maximum Gasteiger partial charge on any atom is 0.317 e. The van der Waals surface area contributed by atoms with Crippen molar-refractivity contribution in [1.82, 2.24) is 0 Å². The van der Waals surface area contributed by atoms with E-state index in [9.17, 15) is 4.79 Å². The van der Waals surface area contributed by atoms with Crippen LogP contribution >= 0.6 is 0 Å². The van der Waals surface area contributed by atoms with Crippen LogP contribution in [0.2, 0.25) is 0 Å². The number of esters is 1. The van der Waals surface area contributed by atoms with Gasteiger partial charge in [0.2, 0.25) is 6.29 Å². The molecule has 0 N–H and O–H groups in total. The Balaban J connectivity index is 1.85. The first kappa shape index (κ1) is 11.3. The Bertz CT molecular complexity index is 445. The number of hydrogen-bond acceptors (Lipinski definition) is 3. The molecule has 2 saturated carbocycles. The van der Waals surface area contributed by atoms with Crippen LogP contribution in [-0.2, 0) is 14.3 Å². The number of ether oxygens (including phenoxy) is 2. The highest BCUT2D eigenvalue weighted by Gasteiger charge is 2.80. The van der Waals surface area contributed by atoms with Crippen molar-refractivity contribution < 1.29 is 14.3 Å². The minimum absolute atomic E-state index is 0.0142. The summed E-state index contributed by atoms with van der Waals surface area (Å²) in [4.78, 5) is 12.4. The third-order valence-corrected chi connectivity index (χ3v) is 7.44. The Morgan fingerprint density at radius 3 is 2.50 bits per heavy atom. The molecule has 2 aliphatic heterocycles. The molecule has 4 rings (SSSR count). The summed E-state index contributed by atoms with van der Waals surface area (Å²) in [5, 5.41) is 0. The molecule has 7 atom stereocenters. The van der Waals surface area contributed by atoms with Crippen LogP contribution in [0.4, 0.5) is 0 Å². The van der Waals surface area contributed by atoms with Crippen molar-refractivity contribution >= 4 is 5.97 Å². The van der Waals surface area contributed by atoms with Crippen molar-refractivity contribution in [2.24, 2.45) is 28.1 Å². The van der Waals surface area contributed by atoms with Crippen molar-refractivity contribution in [3.8, 4) is 0 Å². The number of carbonyl (C=O) groups is 1. The predicted molar refractivity (Wildman–Crippen MR) is 65.6 cm³/mol. The molecule has 3 heteroatoms. The number of carbonyl (C=O) groups excluding carboxylic acids is 1. The average molecular weight is 250 g/mol. The van der Waals surface area contributed by atoms with Gasteiger partial charge in [-0.3, -0.25) is 4.79 Å². The summed E-state index contributed by atoms with van der Waals surface area (Å²) in [5.74, 6) is 1.07. The number of fused-ring (bicyclic) bond motifs is 3. The van der Waals surface area contributed by atoms with Gasteiger partial charge in [-0.05, 0) is 41.9 Å². The van der Waals surface area contributed by atoms with Gasteiger partial charge < -0.3 is 9.47 Å². The van der Waals surface area contributed by atoms with Crippen molar-refractivity contribution in [3.63, 3.8) is 0 Å². The van der Waals surface area contributed by atoms with Crippen LogP contribution in [-0.4, -0.2) is 18.4 Å². The molecule has 4 aliphatic rings. The lowest BCUT2D eigenvalue weighted by Gasteiger charge is -2.40. The highest BCUT2D eigenvalue weighted by Crippen LogP contribution is 2.76. The quantitative estimate of drug-likeness (QED) is 0.490. The summed E-state index contributed by atoms with van der Waals surface area (Å²) in [7, 11) is 0. The molecule has 2 heterocycles. The second-order valence-electron chi connectivity index (χ2n) is 7.54. The molecule has 0 bridgehead atoms. The largest absolute Gasteiger partial charge is 0.432 e. The minimum Gasteiger partial charge on any atom is -0.432 e. The third-order valence-electron chi connectivity index (χ3n) is 7.44. The van der Waals surface area contributed by atoms with Crippen LogP contribution in [0.3, 0.4) is 0 Å². The molecule has 4 fully saturated rings. The van der Waals surface area contributed by atoms with Crippen LogP contribution in [0.5, 0.6) is 0 Å². The van der Waals surface area contributed by atoms with Gasteiger partial charge in [-0.25, -0.2) is 0 Å². The monoisotopic (exact) mass is 250 g/mol. The third kappa shape index (κ3) is 0.880. The summed E-state index contributed by atoms with van der Waals surface area (Å²) >= 11 is 0. The fourth-order valence-electron chi connectivity index (χ4n) is 5.58. The highest BCUT2D eigenvalue weighted by molar-refractivity contribution is 5.82. The molecular formula is C15H22O3. The topological polar surface area (TPSA) is 38.8 Å². The number of rotatable bonds is 0. The van der Waals surface area contributed by atoms with Gasteiger partial charge in [0.25, 0.3) is 0 Å². The zero-order valence-corrected chi connectivity index (χ0v) is 11.7. The normalized spacial score (nSPS) is 65.0. The second kappa shape index (κ2) is 2.79. The van der Waals surface area contributed by atoms with Crippen molar-refractivity contribution in [3.05, 3.63) is 0 Å². The van der Waals surface area contributed by atoms with Gasteiger partial charge in [-0.15, -0.1) is 0 Å². The maximum absolute atomic E-state index is 12.4. The van der Waals surface area contributed by atoms with E-state index in [2.05, 4.69) is 27.7 Å². The Morgan fingerprint density at radius 2 is 1.94 bits per heavy atom. The molecule has 0 unspecified atom stereocenters. The highest BCUT2D eigenvalue weighted by atomic mass is 16.8. The Morgan fingerprint density at radius 1 is 1.22 bits per heavy atom. The van der Waals surface area contributed by atoms with Gasteiger partial charge >= 0.3 is 5.97 Å². The summed E-state index contributed by atoms with van der Waals surface area (Å²) in [6.45, 7) is 9.38. The van der Waals surface area contributed by atoms with E-state index in [1.807, 2.05) is 0 Å². The van der Waals surface area contributed by atoms with E-state index in [1.54, 1.807) is 0 Å². The Kier molecular flexibility index (Phi) is 1.75. The minimum atomic E-state index is -0.344. The molecule has 18 heavy (non-hydrogen) atoms. The van der Waals surface area contributed by atoms with Gasteiger partial charge in [-0.2, -0.15) is 0 Å². The van der Waals surface area contributed by atoms with Crippen molar-refractivity contribution in [2.75, 3.05) is 0 Å². The van der Waals surface area contributed by atoms with E-state index in [0.717, 1.165) is 6.42 Å². The summed E-state index contributed by atoms with van der Waals surface area (Å²) < 4.78 is 11.0. The lowest BCUT2D eigenvalue weighted by atomic mass is 9.64. The Labute approximate surface area is 108 Å². The van der Waals surface area contributed by atoms with Gasteiger partial charge in [0, 0.05) is 0 Å². The van der Waals surface area contributed by atoms with E-state index in [4.69, 9.17) is 9.47 Å². The summed E-state index contributed by atoms with van der Waals surface area (Å²) in [5.41, 5.74) is 0.168. The first-order valence-corrected chi connectivity index (χ1v) is 7.23. The average Bonchev–Trinajstić information content (AvgIpc) is 2.94. The fourth-order valence-corrected chi connectivity index (χ4v) is 5.58. The predicted octanol–water partition coefficient (Wildman–Crippen LogP) is 2.74. The molecule has 0 aromatic rings.